The second-order valence-corrected chi connectivity index (χ2v) is 7.21. The van der Waals surface area contributed by atoms with Crippen LogP contribution in [0.4, 0.5) is 0 Å². The van der Waals surface area contributed by atoms with E-state index in [-0.39, 0.29) is 0 Å². The lowest BCUT2D eigenvalue weighted by Crippen LogP contribution is -2.52. The van der Waals surface area contributed by atoms with Crippen molar-refractivity contribution in [2.75, 3.05) is 6.54 Å². The van der Waals surface area contributed by atoms with Crippen LogP contribution in [0.15, 0.2) is 29.2 Å². The molecule has 0 aliphatic rings. The molecule has 4 nitrogen and oxygen atoms in total. The molecule has 20 heavy (non-hydrogen) atoms. The molecule has 0 aliphatic carbocycles. The van der Waals surface area contributed by atoms with Crippen molar-refractivity contribution in [2.45, 2.75) is 56.9 Å². The first-order valence-electron chi connectivity index (χ1n) is 7.14. The Hall–Kier alpha value is -0.910. The Labute approximate surface area is 122 Å². The minimum Gasteiger partial charge on any atom is -0.329 e. The summed E-state index contributed by atoms with van der Waals surface area (Å²) in [6.45, 7) is 8.28. The van der Waals surface area contributed by atoms with E-state index in [0.29, 0.717) is 30.2 Å². The Bertz CT molecular complexity index is 526. The molecular formula is C15H26N2O2S. The third kappa shape index (κ3) is 3.81. The molecule has 0 aliphatic heterocycles. The van der Waals surface area contributed by atoms with Gasteiger partial charge < -0.3 is 5.73 Å². The second kappa shape index (κ2) is 6.70. The van der Waals surface area contributed by atoms with Gasteiger partial charge in [-0.2, -0.15) is 0 Å². The van der Waals surface area contributed by atoms with E-state index in [1.165, 1.54) is 0 Å². The van der Waals surface area contributed by atoms with Gasteiger partial charge in [0.05, 0.1) is 4.90 Å². The molecule has 0 unspecified atom stereocenters. The number of hydrogen-bond donors (Lipinski definition) is 2. The van der Waals surface area contributed by atoms with Gasteiger partial charge in [0.25, 0.3) is 0 Å². The van der Waals surface area contributed by atoms with Crippen LogP contribution in [0.25, 0.3) is 0 Å². The van der Waals surface area contributed by atoms with E-state index in [1.54, 1.807) is 18.2 Å². The van der Waals surface area contributed by atoms with Crippen LogP contribution in [0.2, 0.25) is 0 Å². The lowest BCUT2D eigenvalue weighted by molar-refractivity contribution is 0.363. The molecule has 1 rings (SSSR count). The maximum absolute atomic E-state index is 12.5. The maximum atomic E-state index is 12.5. The van der Waals surface area contributed by atoms with Gasteiger partial charge in [0.1, 0.15) is 0 Å². The minimum atomic E-state index is -3.54. The summed E-state index contributed by atoms with van der Waals surface area (Å²) in [6, 6.07) is 7.09. The van der Waals surface area contributed by atoms with Crippen LogP contribution in [0, 0.1) is 0 Å². The van der Waals surface area contributed by atoms with Crippen molar-refractivity contribution in [2.24, 2.45) is 5.73 Å². The van der Waals surface area contributed by atoms with Gasteiger partial charge in [0.2, 0.25) is 10.0 Å². The van der Waals surface area contributed by atoms with Crippen molar-refractivity contribution in [3.63, 3.8) is 0 Å². The van der Waals surface area contributed by atoms with Gasteiger partial charge in [-0.1, -0.05) is 39.8 Å². The summed E-state index contributed by atoms with van der Waals surface area (Å²) in [4.78, 5) is 0.309. The predicted octanol–water partition coefficient (Wildman–Crippen LogP) is 2.61. The number of benzene rings is 1. The van der Waals surface area contributed by atoms with Crippen LogP contribution in [0.1, 0.15) is 52.0 Å². The monoisotopic (exact) mass is 298 g/mol. The Balaban J connectivity index is 3.14. The van der Waals surface area contributed by atoms with Gasteiger partial charge in [-0.3, -0.25) is 0 Å². The molecule has 0 radical (unpaired) electrons. The fourth-order valence-corrected chi connectivity index (χ4v) is 3.72. The van der Waals surface area contributed by atoms with E-state index >= 15 is 0 Å². The van der Waals surface area contributed by atoms with Crippen molar-refractivity contribution in [3.8, 4) is 0 Å². The lowest BCUT2D eigenvalue weighted by atomic mass is 9.95. The summed E-state index contributed by atoms with van der Waals surface area (Å²) in [6.07, 6.45) is 1.34. The van der Waals surface area contributed by atoms with Crippen molar-refractivity contribution in [1.82, 2.24) is 4.72 Å². The van der Waals surface area contributed by atoms with E-state index in [9.17, 15) is 8.42 Å². The summed E-state index contributed by atoms with van der Waals surface area (Å²) in [7, 11) is -3.54. The van der Waals surface area contributed by atoms with Gasteiger partial charge in [0.15, 0.2) is 0 Å². The van der Waals surface area contributed by atoms with Gasteiger partial charge in [-0.15, -0.1) is 0 Å². The minimum absolute atomic E-state index is 0.293. The standard InChI is InChI=1S/C15H26N2O2S/c1-5-15(6-2,11-16)17-20(18,19)14-9-7-8-13(10-14)12(3)4/h7-10,12,17H,5-6,11,16H2,1-4H3. The molecule has 5 heteroatoms. The normalized spacial score (nSPS) is 12.9. The van der Waals surface area contributed by atoms with Crippen LogP contribution in [0.5, 0.6) is 0 Å². The Morgan fingerprint density at radius 2 is 1.85 bits per heavy atom. The summed E-state index contributed by atoms with van der Waals surface area (Å²) in [5.74, 6) is 0.293. The van der Waals surface area contributed by atoms with Crippen molar-refractivity contribution in [1.29, 1.82) is 0 Å². The zero-order valence-electron chi connectivity index (χ0n) is 12.8. The van der Waals surface area contributed by atoms with Crippen LogP contribution >= 0.6 is 0 Å². The van der Waals surface area contributed by atoms with Crippen molar-refractivity contribution >= 4 is 10.0 Å². The average Bonchev–Trinajstić information content (AvgIpc) is 2.45. The summed E-state index contributed by atoms with van der Waals surface area (Å²) in [5, 5.41) is 0. The Kier molecular flexibility index (Phi) is 5.74. The first kappa shape index (κ1) is 17.1. The Morgan fingerprint density at radius 1 is 1.25 bits per heavy atom. The smallest absolute Gasteiger partial charge is 0.241 e. The van der Waals surface area contributed by atoms with Crippen LogP contribution in [-0.2, 0) is 10.0 Å². The average molecular weight is 298 g/mol. The zero-order valence-corrected chi connectivity index (χ0v) is 13.6. The highest BCUT2D eigenvalue weighted by Gasteiger charge is 2.30. The highest BCUT2D eigenvalue weighted by Crippen LogP contribution is 2.22. The highest BCUT2D eigenvalue weighted by atomic mass is 32.2. The molecule has 114 valence electrons. The summed E-state index contributed by atoms with van der Waals surface area (Å²) < 4.78 is 27.9. The van der Waals surface area contributed by atoms with E-state index in [0.717, 1.165) is 5.56 Å². The fourth-order valence-electron chi connectivity index (χ4n) is 2.11. The van der Waals surface area contributed by atoms with Gasteiger partial charge in [-0.25, -0.2) is 13.1 Å². The molecule has 3 N–H and O–H groups in total. The predicted molar refractivity (Wildman–Crippen MR) is 83.2 cm³/mol. The zero-order chi connectivity index (χ0) is 15.4. The summed E-state index contributed by atoms with van der Waals surface area (Å²) >= 11 is 0. The molecule has 0 saturated heterocycles. The van der Waals surface area contributed by atoms with Crippen molar-refractivity contribution < 1.29 is 8.42 Å². The SMILES string of the molecule is CCC(CC)(CN)NS(=O)(=O)c1cccc(C(C)C)c1. The molecule has 0 atom stereocenters. The highest BCUT2D eigenvalue weighted by molar-refractivity contribution is 7.89. The van der Waals surface area contributed by atoms with Gasteiger partial charge in [0, 0.05) is 12.1 Å². The van der Waals surface area contributed by atoms with Crippen LogP contribution in [0.3, 0.4) is 0 Å². The quantitative estimate of drug-likeness (QED) is 0.812. The molecule has 0 amide bonds. The molecule has 0 spiro atoms. The van der Waals surface area contributed by atoms with Crippen LogP contribution in [-0.4, -0.2) is 20.5 Å². The molecule has 0 fully saturated rings. The molecule has 0 bridgehead atoms. The number of hydrogen-bond acceptors (Lipinski definition) is 3. The van der Waals surface area contributed by atoms with Gasteiger partial charge in [-0.05, 0) is 36.5 Å². The lowest BCUT2D eigenvalue weighted by Gasteiger charge is -2.31. The third-order valence-corrected chi connectivity index (χ3v) is 5.51. The molecular weight excluding hydrogens is 272 g/mol. The van der Waals surface area contributed by atoms with Crippen LogP contribution < -0.4 is 10.5 Å². The summed E-state index contributed by atoms with van der Waals surface area (Å²) in [5.41, 5.74) is 6.22. The number of rotatable bonds is 7. The molecule has 0 saturated carbocycles. The largest absolute Gasteiger partial charge is 0.329 e. The number of sulfonamides is 1. The number of nitrogens with one attached hydrogen (secondary N) is 1. The fraction of sp³-hybridized carbons (Fsp3) is 0.600. The molecule has 1 aromatic carbocycles. The first-order chi connectivity index (χ1) is 9.30. The third-order valence-electron chi connectivity index (χ3n) is 3.93. The van der Waals surface area contributed by atoms with E-state index in [2.05, 4.69) is 4.72 Å². The maximum Gasteiger partial charge on any atom is 0.241 e. The molecule has 0 heterocycles. The first-order valence-corrected chi connectivity index (χ1v) is 8.62. The molecule has 1 aromatic rings. The van der Waals surface area contributed by atoms with Gasteiger partial charge >= 0.3 is 0 Å². The van der Waals surface area contributed by atoms with Crippen molar-refractivity contribution in [3.05, 3.63) is 29.8 Å². The second-order valence-electron chi connectivity index (χ2n) is 5.52. The molecule has 0 aromatic heterocycles. The van der Waals surface area contributed by atoms with E-state index in [4.69, 9.17) is 5.73 Å². The Morgan fingerprint density at radius 3 is 2.30 bits per heavy atom. The van der Waals surface area contributed by atoms with E-state index < -0.39 is 15.6 Å². The topological polar surface area (TPSA) is 72.2 Å². The van der Waals surface area contributed by atoms with E-state index in [1.807, 2.05) is 33.8 Å². The number of nitrogens with two attached hydrogens (primary N) is 1.